The van der Waals surface area contributed by atoms with E-state index in [2.05, 4.69) is 33.2 Å². The zero-order valence-electron chi connectivity index (χ0n) is 15.5. The first-order valence-electron chi connectivity index (χ1n) is 8.60. The standard InChI is InChI=1S/C22H30F2O/c1-7-10-11-13-16(4)20(15-14-17(5)22(23)24)18(6)19(9-3)21(25)12-8-2/h8-9,14-15,19,22H,2-3,5-7,10-13H2,1,4H3/b15-14-,20-16-. The molecule has 0 bridgehead atoms. The molecular weight excluding hydrogens is 318 g/mol. The number of halogens is 2. The van der Waals surface area contributed by atoms with E-state index in [-0.39, 0.29) is 17.8 Å². The number of carbonyl (C=O) groups is 1. The zero-order valence-corrected chi connectivity index (χ0v) is 15.5. The second-order valence-corrected chi connectivity index (χ2v) is 6.06. The molecule has 1 unspecified atom stereocenters. The largest absolute Gasteiger partial charge is 0.298 e. The van der Waals surface area contributed by atoms with Crippen molar-refractivity contribution in [3.05, 3.63) is 72.9 Å². The third-order valence-corrected chi connectivity index (χ3v) is 4.01. The Labute approximate surface area is 151 Å². The maximum atomic E-state index is 12.7. The summed E-state index contributed by atoms with van der Waals surface area (Å²) in [5, 5.41) is 0. The summed E-state index contributed by atoms with van der Waals surface area (Å²) in [5.41, 5.74) is 2.06. The molecule has 0 aromatic carbocycles. The number of hydrogen-bond acceptors (Lipinski definition) is 1. The van der Waals surface area contributed by atoms with E-state index in [4.69, 9.17) is 0 Å². The fourth-order valence-electron chi connectivity index (χ4n) is 2.47. The van der Waals surface area contributed by atoms with Crippen LogP contribution in [0.15, 0.2) is 72.9 Å². The molecule has 0 saturated heterocycles. The second kappa shape index (κ2) is 12.3. The first-order chi connectivity index (χ1) is 11.8. The lowest BCUT2D eigenvalue weighted by Crippen LogP contribution is -2.15. The summed E-state index contributed by atoms with van der Waals surface area (Å²) in [7, 11) is 0. The van der Waals surface area contributed by atoms with Crippen LogP contribution in [-0.4, -0.2) is 12.2 Å². The molecule has 0 rings (SSSR count). The Morgan fingerprint density at radius 1 is 1.12 bits per heavy atom. The smallest absolute Gasteiger partial charge is 0.263 e. The topological polar surface area (TPSA) is 17.1 Å². The van der Waals surface area contributed by atoms with Gasteiger partial charge in [0.05, 0.1) is 5.92 Å². The van der Waals surface area contributed by atoms with Gasteiger partial charge in [0.1, 0.15) is 5.78 Å². The summed E-state index contributed by atoms with van der Waals surface area (Å²) in [6, 6.07) is 0. The first-order valence-corrected chi connectivity index (χ1v) is 8.60. The van der Waals surface area contributed by atoms with Crippen molar-refractivity contribution < 1.29 is 13.6 Å². The Morgan fingerprint density at radius 3 is 2.24 bits per heavy atom. The van der Waals surface area contributed by atoms with Crippen molar-refractivity contribution in [2.24, 2.45) is 5.92 Å². The quantitative estimate of drug-likeness (QED) is 0.204. The van der Waals surface area contributed by atoms with Crippen molar-refractivity contribution in [3.63, 3.8) is 0 Å². The Hall–Kier alpha value is -2.03. The highest BCUT2D eigenvalue weighted by molar-refractivity contribution is 5.87. The van der Waals surface area contributed by atoms with Gasteiger partial charge in [-0.05, 0) is 30.9 Å². The summed E-state index contributed by atoms with van der Waals surface area (Å²) in [6.45, 7) is 18.8. The van der Waals surface area contributed by atoms with E-state index < -0.39 is 12.3 Å². The molecule has 0 aliphatic carbocycles. The van der Waals surface area contributed by atoms with E-state index in [1.54, 1.807) is 12.2 Å². The van der Waals surface area contributed by atoms with E-state index in [0.29, 0.717) is 5.57 Å². The molecule has 0 fully saturated rings. The summed E-state index contributed by atoms with van der Waals surface area (Å²) < 4.78 is 25.4. The lowest BCUT2D eigenvalue weighted by Gasteiger charge is -2.18. The Bertz CT molecular complexity index is 565. The van der Waals surface area contributed by atoms with Crippen LogP contribution in [0.5, 0.6) is 0 Å². The summed E-state index contributed by atoms with van der Waals surface area (Å²) >= 11 is 0. The molecular formula is C22H30F2O. The molecule has 0 saturated carbocycles. The number of hydrogen-bond donors (Lipinski definition) is 0. The zero-order chi connectivity index (χ0) is 19.4. The molecule has 0 N–H and O–H groups in total. The molecule has 0 aliphatic heterocycles. The van der Waals surface area contributed by atoms with Gasteiger partial charge in [0, 0.05) is 12.0 Å². The first kappa shape index (κ1) is 23.0. The van der Waals surface area contributed by atoms with Crippen molar-refractivity contribution in [1.29, 1.82) is 0 Å². The maximum absolute atomic E-state index is 12.7. The highest BCUT2D eigenvalue weighted by Gasteiger charge is 2.20. The average Bonchev–Trinajstić information content (AvgIpc) is 2.55. The summed E-state index contributed by atoms with van der Waals surface area (Å²) in [6.07, 6.45) is 7.59. The van der Waals surface area contributed by atoms with Crippen LogP contribution in [0.4, 0.5) is 8.78 Å². The number of alkyl halides is 2. The third-order valence-electron chi connectivity index (χ3n) is 4.01. The minimum atomic E-state index is -2.61. The lowest BCUT2D eigenvalue weighted by molar-refractivity contribution is -0.119. The fourth-order valence-corrected chi connectivity index (χ4v) is 2.47. The highest BCUT2D eigenvalue weighted by Crippen LogP contribution is 2.28. The molecule has 0 amide bonds. The predicted octanol–water partition coefficient (Wildman–Crippen LogP) is 6.76. The minimum Gasteiger partial charge on any atom is -0.298 e. The van der Waals surface area contributed by atoms with Crippen LogP contribution in [0.1, 0.15) is 46.0 Å². The van der Waals surface area contributed by atoms with Gasteiger partial charge >= 0.3 is 0 Å². The number of allylic oxidation sites excluding steroid dienone is 8. The van der Waals surface area contributed by atoms with Gasteiger partial charge in [-0.1, -0.05) is 62.8 Å². The van der Waals surface area contributed by atoms with Crippen molar-refractivity contribution in [3.8, 4) is 0 Å². The molecule has 138 valence electrons. The molecule has 1 atom stereocenters. The highest BCUT2D eigenvalue weighted by atomic mass is 19.3. The van der Waals surface area contributed by atoms with Crippen LogP contribution in [0.25, 0.3) is 0 Å². The molecule has 0 aromatic heterocycles. The Kier molecular flexibility index (Phi) is 11.3. The Balaban J connectivity index is 5.68. The fraction of sp³-hybridized carbons (Fsp3) is 0.409. The van der Waals surface area contributed by atoms with Crippen LogP contribution in [0, 0.1) is 5.92 Å². The van der Waals surface area contributed by atoms with E-state index >= 15 is 0 Å². The molecule has 3 heteroatoms. The van der Waals surface area contributed by atoms with Crippen molar-refractivity contribution in [2.45, 2.75) is 52.4 Å². The molecule has 1 nitrogen and oxygen atoms in total. The molecule has 0 aliphatic rings. The molecule has 25 heavy (non-hydrogen) atoms. The molecule has 0 radical (unpaired) electrons. The molecule has 0 heterocycles. The van der Waals surface area contributed by atoms with E-state index in [0.717, 1.165) is 36.8 Å². The van der Waals surface area contributed by atoms with Gasteiger partial charge in [-0.3, -0.25) is 4.79 Å². The Morgan fingerprint density at radius 2 is 1.76 bits per heavy atom. The van der Waals surface area contributed by atoms with Gasteiger partial charge in [0.2, 0.25) is 0 Å². The number of carbonyl (C=O) groups excluding carboxylic acids is 1. The maximum Gasteiger partial charge on any atom is 0.263 e. The van der Waals surface area contributed by atoms with Gasteiger partial charge in [-0.25, -0.2) is 8.78 Å². The SMILES string of the molecule is C=CCC(=O)C(C=C)C(=C)C(/C=C\C(=C)C(F)F)=C(/C)CCCCC. The number of ketones is 1. The number of Topliss-reactive ketones (excluding diaryl/α,β-unsaturated/α-hetero) is 1. The van der Waals surface area contributed by atoms with E-state index in [9.17, 15) is 13.6 Å². The monoisotopic (exact) mass is 348 g/mol. The van der Waals surface area contributed by atoms with Crippen LogP contribution in [-0.2, 0) is 4.79 Å². The average molecular weight is 348 g/mol. The predicted molar refractivity (Wildman–Crippen MR) is 104 cm³/mol. The summed E-state index contributed by atoms with van der Waals surface area (Å²) in [4.78, 5) is 12.3. The van der Waals surface area contributed by atoms with Gasteiger partial charge in [0.25, 0.3) is 6.43 Å². The number of rotatable bonds is 13. The number of unbranched alkanes of at least 4 members (excludes halogenated alkanes) is 2. The van der Waals surface area contributed by atoms with Crippen LogP contribution in [0.3, 0.4) is 0 Å². The third kappa shape index (κ3) is 8.06. The minimum absolute atomic E-state index is 0.0602. The van der Waals surface area contributed by atoms with Gasteiger partial charge in [0.15, 0.2) is 0 Å². The van der Waals surface area contributed by atoms with Gasteiger partial charge < -0.3 is 0 Å². The normalized spacial score (nSPS) is 13.5. The van der Waals surface area contributed by atoms with Crippen LogP contribution < -0.4 is 0 Å². The molecule has 0 spiro atoms. The van der Waals surface area contributed by atoms with Crippen molar-refractivity contribution in [1.82, 2.24) is 0 Å². The lowest BCUT2D eigenvalue weighted by atomic mass is 9.85. The van der Waals surface area contributed by atoms with Crippen LogP contribution >= 0.6 is 0 Å². The summed E-state index contributed by atoms with van der Waals surface area (Å²) in [5.74, 6) is -0.617. The second-order valence-electron chi connectivity index (χ2n) is 6.06. The van der Waals surface area contributed by atoms with Gasteiger partial charge in [-0.2, -0.15) is 0 Å². The van der Waals surface area contributed by atoms with E-state index in [1.165, 1.54) is 12.2 Å². The molecule has 0 aromatic rings. The van der Waals surface area contributed by atoms with Crippen molar-refractivity contribution >= 4 is 5.78 Å². The van der Waals surface area contributed by atoms with E-state index in [1.807, 2.05) is 6.92 Å². The van der Waals surface area contributed by atoms with Gasteiger partial charge in [-0.15, -0.1) is 13.2 Å². The van der Waals surface area contributed by atoms with Crippen molar-refractivity contribution in [2.75, 3.05) is 0 Å². The van der Waals surface area contributed by atoms with Crippen LogP contribution in [0.2, 0.25) is 0 Å².